The van der Waals surface area contributed by atoms with Crippen molar-refractivity contribution in [3.05, 3.63) is 18.0 Å². The Hall–Kier alpha value is -0.910. The summed E-state index contributed by atoms with van der Waals surface area (Å²) in [6, 6.07) is 0.317. The second kappa shape index (κ2) is 5.61. The minimum atomic E-state index is -0.165. The Morgan fingerprint density at radius 2 is 2.21 bits per heavy atom. The lowest BCUT2D eigenvalue weighted by molar-refractivity contribution is -0.0748. The molecular weight excluding hydrogens is 242 g/mol. The molecule has 1 aliphatic carbocycles. The van der Waals surface area contributed by atoms with E-state index in [1.807, 2.05) is 24.1 Å². The van der Waals surface area contributed by atoms with Crippen LogP contribution in [0.4, 0.5) is 0 Å². The van der Waals surface area contributed by atoms with Gasteiger partial charge in [-0.25, -0.2) is 0 Å². The number of hydrogen-bond acceptors (Lipinski definition) is 4. The average molecular weight is 265 g/mol. The molecular formula is C14H23N3O2. The van der Waals surface area contributed by atoms with Crippen molar-refractivity contribution in [2.45, 2.75) is 43.9 Å². The van der Waals surface area contributed by atoms with E-state index in [4.69, 9.17) is 4.74 Å². The second-order valence-corrected chi connectivity index (χ2v) is 5.72. The maximum absolute atomic E-state index is 10.2. The Bertz CT molecular complexity index is 421. The minimum Gasteiger partial charge on any atom is -0.391 e. The number of aryl methyl sites for hydroxylation is 1. The summed E-state index contributed by atoms with van der Waals surface area (Å²) in [5, 5.41) is 14.4. The Labute approximate surface area is 114 Å². The third kappa shape index (κ3) is 2.83. The van der Waals surface area contributed by atoms with Crippen molar-refractivity contribution in [1.29, 1.82) is 0 Å². The molecule has 5 heteroatoms. The van der Waals surface area contributed by atoms with Crippen LogP contribution in [0, 0.1) is 0 Å². The first-order chi connectivity index (χ1) is 9.24. The predicted molar refractivity (Wildman–Crippen MR) is 71.7 cm³/mol. The summed E-state index contributed by atoms with van der Waals surface area (Å²) in [6.45, 7) is 2.54. The van der Waals surface area contributed by atoms with Crippen LogP contribution in [-0.4, -0.2) is 51.6 Å². The zero-order chi connectivity index (χ0) is 13.2. The number of morpholine rings is 1. The third-order valence-electron chi connectivity index (χ3n) is 4.36. The highest BCUT2D eigenvalue weighted by Gasteiger charge is 2.33. The van der Waals surface area contributed by atoms with Crippen LogP contribution in [0.2, 0.25) is 0 Å². The molecule has 1 aromatic rings. The van der Waals surface area contributed by atoms with E-state index in [1.54, 1.807) is 0 Å². The molecule has 3 unspecified atom stereocenters. The van der Waals surface area contributed by atoms with E-state index in [0.29, 0.717) is 6.04 Å². The molecule has 0 radical (unpaired) electrons. The number of aliphatic hydroxyl groups is 1. The van der Waals surface area contributed by atoms with Gasteiger partial charge < -0.3 is 9.84 Å². The lowest BCUT2D eigenvalue weighted by atomic mass is 9.90. The number of aromatic nitrogens is 2. The molecule has 2 aliphatic rings. The molecule has 1 aliphatic heterocycles. The Balaban J connectivity index is 1.67. The van der Waals surface area contributed by atoms with Gasteiger partial charge in [-0.15, -0.1) is 0 Å². The van der Waals surface area contributed by atoms with E-state index in [1.165, 1.54) is 6.42 Å². The molecule has 19 heavy (non-hydrogen) atoms. The van der Waals surface area contributed by atoms with Gasteiger partial charge in [0.15, 0.2) is 0 Å². The van der Waals surface area contributed by atoms with Gasteiger partial charge in [0.05, 0.1) is 25.0 Å². The summed E-state index contributed by atoms with van der Waals surface area (Å²) in [7, 11) is 1.93. The Morgan fingerprint density at radius 3 is 2.95 bits per heavy atom. The fourth-order valence-electron chi connectivity index (χ4n) is 3.30. The van der Waals surface area contributed by atoms with E-state index in [0.717, 1.165) is 44.5 Å². The molecule has 2 heterocycles. The van der Waals surface area contributed by atoms with Crippen LogP contribution in [-0.2, 0) is 11.8 Å². The lowest BCUT2D eigenvalue weighted by Gasteiger charge is -2.41. The van der Waals surface area contributed by atoms with E-state index < -0.39 is 0 Å². The SMILES string of the molecule is Cn1cc(C2CN(C3CCCCC3O)CCO2)cn1. The van der Waals surface area contributed by atoms with Crippen LogP contribution in [0.5, 0.6) is 0 Å². The predicted octanol–water partition coefficient (Wildman–Crippen LogP) is 1.10. The van der Waals surface area contributed by atoms with Gasteiger partial charge in [0.25, 0.3) is 0 Å². The van der Waals surface area contributed by atoms with Crippen molar-refractivity contribution >= 4 is 0 Å². The molecule has 0 amide bonds. The quantitative estimate of drug-likeness (QED) is 0.870. The van der Waals surface area contributed by atoms with Gasteiger partial charge >= 0.3 is 0 Å². The summed E-state index contributed by atoms with van der Waals surface area (Å²) >= 11 is 0. The lowest BCUT2D eigenvalue weighted by Crippen LogP contribution is -2.50. The van der Waals surface area contributed by atoms with Crippen LogP contribution < -0.4 is 0 Å². The first-order valence-electron chi connectivity index (χ1n) is 7.26. The van der Waals surface area contributed by atoms with Gasteiger partial charge in [-0.1, -0.05) is 12.8 Å². The first-order valence-corrected chi connectivity index (χ1v) is 7.26. The average Bonchev–Trinajstić information content (AvgIpc) is 2.86. The monoisotopic (exact) mass is 265 g/mol. The highest BCUT2D eigenvalue weighted by Crippen LogP contribution is 2.28. The zero-order valence-corrected chi connectivity index (χ0v) is 11.5. The van der Waals surface area contributed by atoms with Crippen molar-refractivity contribution in [3.8, 4) is 0 Å². The van der Waals surface area contributed by atoms with Crippen LogP contribution in [0.1, 0.15) is 37.4 Å². The summed E-state index contributed by atoms with van der Waals surface area (Å²) in [4.78, 5) is 2.41. The van der Waals surface area contributed by atoms with Crippen LogP contribution >= 0.6 is 0 Å². The van der Waals surface area contributed by atoms with Crippen LogP contribution in [0.15, 0.2) is 12.4 Å². The number of hydrogen-bond donors (Lipinski definition) is 1. The fraction of sp³-hybridized carbons (Fsp3) is 0.786. The molecule has 5 nitrogen and oxygen atoms in total. The summed E-state index contributed by atoms with van der Waals surface area (Å²) < 4.78 is 7.67. The first kappa shape index (κ1) is 13.1. The van der Waals surface area contributed by atoms with E-state index in [2.05, 4.69) is 10.00 Å². The largest absolute Gasteiger partial charge is 0.391 e. The highest BCUT2D eigenvalue weighted by atomic mass is 16.5. The second-order valence-electron chi connectivity index (χ2n) is 5.72. The van der Waals surface area contributed by atoms with E-state index in [-0.39, 0.29) is 12.2 Å². The molecule has 1 saturated heterocycles. The molecule has 2 fully saturated rings. The van der Waals surface area contributed by atoms with Gasteiger partial charge in [-0.05, 0) is 12.8 Å². The Kier molecular flexibility index (Phi) is 3.86. The fourth-order valence-corrected chi connectivity index (χ4v) is 3.30. The zero-order valence-electron chi connectivity index (χ0n) is 11.5. The number of rotatable bonds is 2. The Morgan fingerprint density at radius 1 is 1.37 bits per heavy atom. The third-order valence-corrected chi connectivity index (χ3v) is 4.36. The van der Waals surface area contributed by atoms with E-state index >= 15 is 0 Å². The van der Waals surface area contributed by atoms with Crippen molar-refractivity contribution < 1.29 is 9.84 Å². The highest BCUT2D eigenvalue weighted by molar-refractivity contribution is 5.10. The molecule has 1 aromatic heterocycles. The molecule has 3 atom stereocenters. The van der Waals surface area contributed by atoms with Gasteiger partial charge in [-0.2, -0.15) is 5.10 Å². The number of aliphatic hydroxyl groups excluding tert-OH is 1. The normalized spacial score (nSPS) is 33.5. The van der Waals surface area contributed by atoms with E-state index in [9.17, 15) is 5.11 Å². The van der Waals surface area contributed by atoms with Gasteiger partial charge in [-0.3, -0.25) is 9.58 Å². The van der Waals surface area contributed by atoms with Crippen molar-refractivity contribution in [3.63, 3.8) is 0 Å². The van der Waals surface area contributed by atoms with Gasteiger partial charge in [0, 0.05) is 37.9 Å². The maximum Gasteiger partial charge on any atom is 0.0982 e. The summed E-state index contributed by atoms with van der Waals surface area (Å²) in [6.07, 6.45) is 8.28. The summed E-state index contributed by atoms with van der Waals surface area (Å²) in [5.41, 5.74) is 1.14. The number of ether oxygens (including phenoxy) is 1. The number of nitrogens with zero attached hydrogens (tertiary/aromatic N) is 3. The molecule has 0 bridgehead atoms. The van der Waals surface area contributed by atoms with Crippen LogP contribution in [0.3, 0.4) is 0 Å². The van der Waals surface area contributed by atoms with Crippen molar-refractivity contribution in [2.24, 2.45) is 7.05 Å². The topological polar surface area (TPSA) is 50.5 Å². The molecule has 3 rings (SSSR count). The molecule has 106 valence electrons. The van der Waals surface area contributed by atoms with Crippen LogP contribution in [0.25, 0.3) is 0 Å². The van der Waals surface area contributed by atoms with Crippen molar-refractivity contribution in [2.75, 3.05) is 19.7 Å². The molecule has 1 saturated carbocycles. The van der Waals surface area contributed by atoms with Crippen molar-refractivity contribution in [1.82, 2.24) is 14.7 Å². The molecule has 1 N–H and O–H groups in total. The standard InChI is InChI=1S/C14H23N3O2/c1-16-9-11(8-15-16)14-10-17(6-7-19-14)12-4-2-3-5-13(12)18/h8-9,12-14,18H,2-7,10H2,1H3. The smallest absolute Gasteiger partial charge is 0.0982 e. The maximum atomic E-state index is 10.2. The van der Waals surface area contributed by atoms with Gasteiger partial charge in [0.1, 0.15) is 0 Å². The van der Waals surface area contributed by atoms with Gasteiger partial charge in [0.2, 0.25) is 0 Å². The molecule has 0 spiro atoms. The summed E-state index contributed by atoms with van der Waals surface area (Å²) in [5.74, 6) is 0. The molecule has 0 aromatic carbocycles. The minimum absolute atomic E-state index is 0.0941.